The van der Waals surface area contributed by atoms with Crippen molar-refractivity contribution in [1.82, 2.24) is 25.4 Å². The summed E-state index contributed by atoms with van der Waals surface area (Å²) in [6.07, 6.45) is 2.82. The zero-order valence-corrected chi connectivity index (χ0v) is 25.8. The van der Waals surface area contributed by atoms with E-state index in [0.717, 1.165) is 25.8 Å². The van der Waals surface area contributed by atoms with Gasteiger partial charge < -0.3 is 20.3 Å². The van der Waals surface area contributed by atoms with Crippen molar-refractivity contribution >= 4 is 35.0 Å². The lowest BCUT2D eigenvalue weighted by atomic mass is 9.91. The van der Waals surface area contributed by atoms with Crippen LogP contribution in [0.4, 0.5) is 0 Å². The minimum Gasteiger partial charge on any atom is -0.461 e. The molecule has 0 spiro atoms. The standard InChI is InChI=1S/C28H47N5O5S/c1-10-18(5)23(31-27(37)28(7)13-12-14-32(28)8)25(35)33(9)22(17(3)4)15-20(29-19(6)34)24-30-21(16-39-24)26(36)38-11-2/h16-18,20,22-23H,10-15H2,1-9H3,(H,29,34)(H,31,37)/t18?,20?,22?,23?,28-/m1/s1. The fourth-order valence-electron chi connectivity index (χ4n) is 5.08. The molecule has 1 aromatic heterocycles. The van der Waals surface area contributed by atoms with E-state index in [2.05, 4.69) is 20.5 Å². The Balaban J connectivity index is 2.31. The lowest BCUT2D eigenvalue weighted by Gasteiger charge is -2.38. The van der Waals surface area contributed by atoms with Gasteiger partial charge in [-0.2, -0.15) is 0 Å². The van der Waals surface area contributed by atoms with Gasteiger partial charge in [0, 0.05) is 25.4 Å². The summed E-state index contributed by atoms with van der Waals surface area (Å²) in [4.78, 5) is 59.9. The number of amides is 3. The topological polar surface area (TPSA) is 121 Å². The Hall–Kier alpha value is -2.53. The van der Waals surface area contributed by atoms with Gasteiger partial charge in [-0.15, -0.1) is 11.3 Å². The van der Waals surface area contributed by atoms with Crippen LogP contribution in [0, 0.1) is 11.8 Å². The molecule has 0 aliphatic carbocycles. The number of carbonyl (C=O) groups excluding carboxylic acids is 4. The first-order valence-corrected chi connectivity index (χ1v) is 14.8. The predicted molar refractivity (Wildman–Crippen MR) is 152 cm³/mol. The number of hydrogen-bond donors (Lipinski definition) is 2. The molecule has 2 N–H and O–H groups in total. The molecule has 0 saturated carbocycles. The van der Waals surface area contributed by atoms with Crippen LogP contribution in [0.15, 0.2) is 5.38 Å². The van der Waals surface area contributed by atoms with Crippen LogP contribution in [0.2, 0.25) is 0 Å². The van der Waals surface area contributed by atoms with Crippen LogP contribution in [0.3, 0.4) is 0 Å². The van der Waals surface area contributed by atoms with Crippen molar-refractivity contribution in [3.05, 3.63) is 16.1 Å². The largest absolute Gasteiger partial charge is 0.461 e. The predicted octanol–water partition coefficient (Wildman–Crippen LogP) is 3.39. The Bertz CT molecular complexity index is 1010. The summed E-state index contributed by atoms with van der Waals surface area (Å²) in [5, 5.41) is 8.24. The minimum absolute atomic E-state index is 0.0477. The Morgan fingerprint density at radius 3 is 2.38 bits per heavy atom. The zero-order chi connectivity index (χ0) is 29.5. The number of ether oxygens (including phenoxy) is 1. The highest BCUT2D eigenvalue weighted by Crippen LogP contribution is 2.30. The van der Waals surface area contributed by atoms with Crippen molar-refractivity contribution in [3.63, 3.8) is 0 Å². The molecular formula is C28H47N5O5S. The summed E-state index contributed by atoms with van der Waals surface area (Å²) < 4.78 is 5.06. The molecule has 1 fully saturated rings. The third kappa shape index (κ3) is 8.00. The van der Waals surface area contributed by atoms with Gasteiger partial charge in [0.1, 0.15) is 11.0 Å². The second-order valence-corrected chi connectivity index (χ2v) is 12.1. The average Bonchev–Trinajstić information content (AvgIpc) is 3.51. The molecule has 1 aliphatic rings. The lowest BCUT2D eigenvalue weighted by molar-refractivity contribution is -0.142. The van der Waals surface area contributed by atoms with Gasteiger partial charge in [0.15, 0.2) is 5.69 Å². The SMILES string of the molecule is CCOC(=O)c1csc(C(CC(C(C)C)N(C)C(=O)C(NC(=O)[C@@]2(C)CCCN2C)C(C)CC)NC(C)=O)n1. The Labute approximate surface area is 237 Å². The highest BCUT2D eigenvalue weighted by Gasteiger charge is 2.43. The van der Waals surface area contributed by atoms with Gasteiger partial charge in [-0.3, -0.25) is 19.3 Å². The summed E-state index contributed by atoms with van der Waals surface area (Å²) in [6, 6.07) is -1.44. The first kappa shape index (κ1) is 32.7. The maximum absolute atomic E-state index is 14.0. The zero-order valence-electron chi connectivity index (χ0n) is 25.0. The quantitative estimate of drug-likeness (QED) is 0.352. The van der Waals surface area contributed by atoms with E-state index in [4.69, 9.17) is 4.74 Å². The number of esters is 1. The fraction of sp³-hybridized carbons (Fsp3) is 0.750. The van der Waals surface area contributed by atoms with Gasteiger partial charge >= 0.3 is 5.97 Å². The van der Waals surface area contributed by atoms with E-state index < -0.39 is 23.6 Å². The number of carbonyl (C=O) groups is 4. The van der Waals surface area contributed by atoms with E-state index in [-0.39, 0.29) is 47.9 Å². The number of thiazole rings is 1. The Morgan fingerprint density at radius 2 is 1.87 bits per heavy atom. The molecular weight excluding hydrogens is 518 g/mol. The van der Waals surface area contributed by atoms with Gasteiger partial charge in [-0.1, -0.05) is 34.1 Å². The summed E-state index contributed by atoms with van der Waals surface area (Å²) in [5.74, 6) is -1.04. The van der Waals surface area contributed by atoms with E-state index in [0.29, 0.717) is 11.4 Å². The van der Waals surface area contributed by atoms with Gasteiger partial charge in [0.05, 0.1) is 18.2 Å². The molecule has 1 aromatic rings. The van der Waals surface area contributed by atoms with Gasteiger partial charge in [0.2, 0.25) is 17.7 Å². The monoisotopic (exact) mass is 565 g/mol. The van der Waals surface area contributed by atoms with Crippen molar-refractivity contribution in [2.75, 3.05) is 27.2 Å². The van der Waals surface area contributed by atoms with Gasteiger partial charge in [-0.05, 0) is 58.5 Å². The van der Waals surface area contributed by atoms with E-state index >= 15 is 0 Å². The number of likely N-dealkylation sites (tertiary alicyclic amines) is 1. The highest BCUT2D eigenvalue weighted by molar-refractivity contribution is 7.09. The maximum atomic E-state index is 14.0. The van der Waals surface area contributed by atoms with E-state index in [1.165, 1.54) is 18.3 Å². The molecule has 4 unspecified atom stereocenters. The molecule has 5 atom stereocenters. The molecule has 2 rings (SSSR count). The van der Waals surface area contributed by atoms with Crippen LogP contribution < -0.4 is 10.6 Å². The van der Waals surface area contributed by atoms with Gasteiger partial charge in [-0.25, -0.2) is 9.78 Å². The Morgan fingerprint density at radius 1 is 1.21 bits per heavy atom. The molecule has 0 radical (unpaired) electrons. The number of likely N-dealkylation sites (N-methyl/N-ethyl adjacent to an activating group) is 2. The molecule has 2 heterocycles. The number of hydrogen-bond acceptors (Lipinski definition) is 8. The molecule has 11 heteroatoms. The maximum Gasteiger partial charge on any atom is 0.357 e. The van der Waals surface area contributed by atoms with Crippen LogP contribution in [-0.2, 0) is 19.1 Å². The minimum atomic E-state index is -0.672. The van der Waals surface area contributed by atoms with Gasteiger partial charge in [0.25, 0.3) is 0 Å². The molecule has 39 heavy (non-hydrogen) atoms. The van der Waals surface area contributed by atoms with Crippen molar-refractivity contribution in [1.29, 1.82) is 0 Å². The van der Waals surface area contributed by atoms with E-state index in [1.54, 1.807) is 24.3 Å². The fourth-order valence-corrected chi connectivity index (χ4v) is 5.93. The Kier molecular flexibility index (Phi) is 11.9. The number of nitrogens with zero attached hydrogens (tertiary/aromatic N) is 3. The molecule has 1 aliphatic heterocycles. The summed E-state index contributed by atoms with van der Waals surface area (Å²) >= 11 is 1.27. The van der Waals surface area contributed by atoms with Crippen LogP contribution in [-0.4, -0.2) is 83.3 Å². The normalized spacial score (nSPS) is 20.7. The summed E-state index contributed by atoms with van der Waals surface area (Å²) in [5.41, 5.74) is -0.442. The van der Waals surface area contributed by atoms with Crippen molar-refractivity contribution in [2.24, 2.45) is 11.8 Å². The summed E-state index contributed by atoms with van der Waals surface area (Å²) in [7, 11) is 3.70. The lowest BCUT2D eigenvalue weighted by Crippen LogP contribution is -2.60. The molecule has 0 bridgehead atoms. The van der Waals surface area contributed by atoms with Crippen molar-refractivity contribution in [2.45, 2.75) is 97.8 Å². The van der Waals surface area contributed by atoms with E-state index in [9.17, 15) is 19.2 Å². The van der Waals surface area contributed by atoms with Crippen LogP contribution in [0.5, 0.6) is 0 Å². The molecule has 0 aromatic carbocycles. The van der Waals surface area contributed by atoms with Crippen LogP contribution in [0.1, 0.15) is 95.7 Å². The van der Waals surface area contributed by atoms with Crippen LogP contribution in [0.25, 0.3) is 0 Å². The number of aromatic nitrogens is 1. The molecule has 3 amide bonds. The second-order valence-electron chi connectivity index (χ2n) is 11.2. The average molecular weight is 566 g/mol. The molecule has 1 saturated heterocycles. The third-order valence-corrected chi connectivity index (χ3v) is 8.99. The first-order valence-electron chi connectivity index (χ1n) is 13.9. The van der Waals surface area contributed by atoms with Crippen LogP contribution >= 0.6 is 11.3 Å². The number of nitrogens with one attached hydrogen (secondary N) is 2. The third-order valence-electron chi connectivity index (χ3n) is 8.03. The summed E-state index contributed by atoms with van der Waals surface area (Å²) in [6.45, 7) is 14.2. The molecule has 10 nitrogen and oxygen atoms in total. The molecule has 220 valence electrons. The smallest absolute Gasteiger partial charge is 0.357 e. The van der Waals surface area contributed by atoms with E-state index in [1.807, 2.05) is 41.7 Å². The highest BCUT2D eigenvalue weighted by atomic mass is 32.1. The van der Waals surface area contributed by atoms with Crippen molar-refractivity contribution < 1.29 is 23.9 Å². The first-order chi connectivity index (χ1) is 18.3. The second kappa shape index (κ2) is 14.2. The number of rotatable bonds is 13. The van der Waals surface area contributed by atoms with Crippen molar-refractivity contribution in [3.8, 4) is 0 Å².